The molecule has 0 N–H and O–H groups in total. The molecule has 3 heteroatoms. The second-order valence-electron chi connectivity index (χ2n) is 5.29. The average Bonchev–Trinajstić information content (AvgIpc) is 2.45. The number of carboxylic acid groups (broad SMARTS) is 1. The van der Waals surface area contributed by atoms with E-state index in [0.29, 0.717) is 5.92 Å². The van der Waals surface area contributed by atoms with Crippen LogP contribution in [0.15, 0.2) is 35.2 Å². The highest BCUT2D eigenvalue weighted by Gasteiger charge is 2.32. The maximum atomic E-state index is 11.5. The summed E-state index contributed by atoms with van der Waals surface area (Å²) in [5.41, 5.74) is 0. The Hall–Kier alpha value is -0.960. The number of carboxylic acids is 1. The SMILES string of the molecule is CCC1CCCCC1C(Sc1ccccc1)C(=O)[O-]. The van der Waals surface area contributed by atoms with E-state index in [2.05, 4.69) is 6.92 Å². The van der Waals surface area contributed by atoms with Crippen molar-refractivity contribution in [3.63, 3.8) is 0 Å². The maximum absolute atomic E-state index is 11.5. The molecule has 1 fully saturated rings. The normalized spacial score (nSPS) is 24.9. The number of carbonyl (C=O) groups is 1. The second-order valence-corrected chi connectivity index (χ2v) is 6.50. The van der Waals surface area contributed by atoms with Crippen molar-refractivity contribution < 1.29 is 9.90 Å². The quantitative estimate of drug-likeness (QED) is 0.776. The third-order valence-electron chi connectivity index (χ3n) is 4.12. The van der Waals surface area contributed by atoms with E-state index >= 15 is 0 Å². The van der Waals surface area contributed by atoms with Gasteiger partial charge in [-0.3, -0.25) is 0 Å². The molecular weight excluding hydrogens is 256 g/mol. The van der Waals surface area contributed by atoms with Crippen LogP contribution < -0.4 is 5.11 Å². The van der Waals surface area contributed by atoms with Gasteiger partial charge in [0.2, 0.25) is 0 Å². The molecule has 2 rings (SSSR count). The van der Waals surface area contributed by atoms with Crippen LogP contribution in [0.2, 0.25) is 0 Å². The van der Waals surface area contributed by atoms with Gasteiger partial charge in [-0.2, -0.15) is 0 Å². The third kappa shape index (κ3) is 3.75. The molecule has 0 saturated heterocycles. The zero-order chi connectivity index (χ0) is 13.7. The molecule has 1 aromatic carbocycles. The molecule has 0 radical (unpaired) electrons. The molecule has 0 bridgehead atoms. The van der Waals surface area contributed by atoms with Crippen LogP contribution in [0.25, 0.3) is 0 Å². The van der Waals surface area contributed by atoms with Gasteiger partial charge in [0.05, 0.1) is 11.2 Å². The molecular formula is C16H21O2S-. The summed E-state index contributed by atoms with van der Waals surface area (Å²) in [5.74, 6) is -0.110. The molecule has 0 aliphatic heterocycles. The van der Waals surface area contributed by atoms with Gasteiger partial charge in [0.1, 0.15) is 0 Å². The molecule has 0 spiro atoms. The fourth-order valence-corrected chi connectivity index (χ4v) is 4.33. The van der Waals surface area contributed by atoms with E-state index in [1.807, 2.05) is 30.3 Å². The van der Waals surface area contributed by atoms with Crippen LogP contribution in [0.4, 0.5) is 0 Å². The summed E-state index contributed by atoms with van der Waals surface area (Å²) in [7, 11) is 0. The summed E-state index contributed by atoms with van der Waals surface area (Å²) in [6, 6.07) is 9.81. The van der Waals surface area contributed by atoms with Crippen molar-refractivity contribution in [1.82, 2.24) is 0 Å². The zero-order valence-electron chi connectivity index (χ0n) is 11.4. The number of thioether (sulfide) groups is 1. The van der Waals surface area contributed by atoms with Crippen molar-refractivity contribution in [2.45, 2.75) is 49.2 Å². The van der Waals surface area contributed by atoms with E-state index in [4.69, 9.17) is 0 Å². The Morgan fingerprint density at radius 1 is 1.32 bits per heavy atom. The van der Waals surface area contributed by atoms with Gasteiger partial charge in [-0.05, 0) is 30.4 Å². The molecule has 0 heterocycles. The van der Waals surface area contributed by atoms with Crippen LogP contribution in [0.5, 0.6) is 0 Å². The Balaban J connectivity index is 2.12. The molecule has 1 aliphatic rings. The summed E-state index contributed by atoms with van der Waals surface area (Å²) in [6.07, 6.45) is 5.66. The van der Waals surface area contributed by atoms with Gasteiger partial charge in [-0.1, -0.05) is 50.8 Å². The predicted octanol–water partition coefficient (Wildman–Crippen LogP) is 3.11. The lowest BCUT2D eigenvalue weighted by molar-refractivity contribution is -0.306. The predicted molar refractivity (Wildman–Crippen MR) is 76.8 cm³/mol. The van der Waals surface area contributed by atoms with Crippen LogP contribution in [-0.2, 0) is 4.79 Å². The van der Waals surface area contributed by atoms with Gasteiger partial charge >= 0.3 is 0 Å². The van der Waals surface area contributed by atoms with Gasteiger partial charge in [-0.25, -0.2) is 0 Å². The summed E-state index contributed by atoms with van der Waals surface area (Å²) >= 11 is 1.46. The van der Waals surface area contributed by atoms with Gasteiger partial charge < -0.3 is 9.90 Å². The fraction of sp³-hybridized carbons (Fsp3) is 0.562. The number of benzene rings is 1. The lowest BCUT2D eigenvalue weighted by Crippen LogP contribution is -2.42. The molecule has 1 aliphatic carbocycles. The van der Waals surface area contributed by atoms with E-state index in [9.17, 15) is 9.90 Å². The van der Waals surface area contributed by atoms with Crippen molar-refractivity contribution in [3.8, 4) is 0 Å². The van der Waals surface area contributed by atoms with Gasteiger partial charge in [0.25, 0.3) is 0 Å². The van der Waals surface area contributed by atoms with E-state index in [1.54, 1.807) is 0 Å². The van der Waals surface area contributed by atoms with Crippen molar-refractivity contribution in [2.75, 3.05) is 0 Å². The maximum Gasteiger partial charge on any atom is 0.0551 e. The highest BCUT2D eigenvalue weighted by molar-refractivity contribution is 8.00. The fourth-order valence-electron chi connectivity index (χ4n) is 3.10. The summed E-state index contributed by atoms with van der Waals surface area (Å²) in [6.45, 7) is 2.17. The van der Waals surface area contributed by atoms with E-state index in [1.165, 1.54) is 24.6 Å². The molecule has 3 unspecified atom stereocenters. The lowest BCUT2D eigenvalue weighted by Gasteiger charge is -2.37. The molecule has 0 aromatic heterocycles. The van der Waals surface area contributed by atoms with Crippen molar-refractivity contribution in [3.05, 3.63) is 30.3 Å². The minimum absolute atomic E-state index is 0.258. The summed E-state index contributed by atoms with van der Waals surface area (Å²) < 4.78 is 0. The monoisotopic (exact) mass is 277 g/mol. The number of rotatable bonds is 5. The number of aliphatic carboxylic acids is 1. The van der Waals surface area contributed by atoms with Crippen LogP contribution >= 0.6 is 11.8 Å². The first-order valence-corrected chi connectivity index (χ1v) is 8.03. The Morgan fingerprint density at radius 3 is 2.63 bits per heavy atom. The molecule has 1 aromatic rings. The Kier molecular flexibility index (Phi) is 5.32. The van der Waals surface area contributed by atoms with E-state index < -0.39 is 11.2 Å². The van der Waals surface area contributed by atoms with Crippen LogP contribution in [-0.4, -0.2) is 11.2 Å². The first-order valence-electron chi connectivity index (χ1n) is 7.15. The minimum atomic E-state index is -0.904. The van der Waals surface area contributed by atoms with Crippen molar-refractivity contribution in [2.24, 2.45) is 11.8 Å². The van der Waals surface area contributed by atoms with Crippen LogP contribution in [0, 0.1) is 11.8 Å². The minimum Gasteiger partial charge on any atom is -0.549 e. The van der Waals surface area contributed by atoms with E-state index in [-0.39, 0.29) is 5.92 Å². The first-order chi connectivity index (χ1) is 9.22. The molecule has 0 amide bonds. The smallest absolute Gasteiger partial charge is 0.0551 e. The molecule has 19 heavy (non-hydrogen) atoms. The average molecular weight is 277 g/mol. The van der Waals surface area contributed by atoms with Gasteiger partial charge in [0.15, 0.2) is 0 Å². The summed E-state index contributed by atoms with van der Waals surface area (Å²) in [4.78, 5) is 12.6. The Morgan fingerprint density at radius 2 is 2.00 bits per heavy atom. The lowest BCUT2D eigenvalue weighted by atomic mass is 9.76. The standard InChI is InChI=1S/C16H22O2S/c1-2-12-8-6-7-11-14(12)15(16(17)18)19-13-9-4-3-5-10-13/h3-5,9-10,12,14-15H,2,6-8,11H2,1H3,(H,17,18)/p-1. The zero-order valence-corrected chi connectivity index (χ0v) is 12.2. The highest BCUT2D eigenvalue weighted by atomic mass is 32.2. The van der Waals surface area contributed by atoms with Crippen LogP contribution in [0.3, 0.4) is 0 Å². The molecule has 104 valence electrons. The van der Waals surface area contributed by atoms with Gasteiger partial charge in [-0.15, -0.1) is 11.8 Å². The first kappa shape index (κ1) is 14.4. The molecule has 1 saturated carbocycles. The number of carbonyl (C=O) groups excluding carboxylic acids is 1. The third-order valence-corrected chi connectivity index (χ3v) is 5.46. The Labute approximate surface area is 119 Å². The highest BCUT2D eigenvalue weighted by Crippen LogP contribution is 2.40. The van der Waals surface area contributed by atoms with Crippen molar-refractivity contribution >= 4 is 17.7 Å². The Bertz CT molecular complexity index is 404. The number of hydrogen-bond acceptors (Lipinski definition) is 3. The van der Waals surface area contributed by atoms with Gasteiger partial charge in [0, 0.05) is 4.90 Å². The second kappa shape index (κ2) is 6.99. The van der Waals surface area contributed by atoms with Crippen molar-refractivity contribution in [1.29, 1.82) is 0 Å². The van der Waals surface area contributed by atoms with Crippen LogP contribution in [0.1, 0.15) is 39.0 Å². The van der Waals surface area contributed by atoms with E-state index in [0.717, 1.165) is 24.2 Å². The number of hydrogen-bond donors (Lipinski definition) is 0. The molecule has 2 nitrogen and oxygen atoms in total. The molecule has 3 atom stereocenters. The topological polar surface area (TPSA) is 40.1 Å². The summed E-state index contributed by atoms with van der Waals surface area (Å²) in [5, 5.41) is 11.1. The largest absolute Gasteiger partial charge is 0.549 e.